The van der Waals surface area contributed by atoms with Gasteiger partial charge in [0.1, 0.15) is 0 Å². The molecule has 1 atom stereocenters. The Hall–Kier alpha value is -0.300. The van der Waals surface area contributed by atoms with Crippen LogP contribution < -0.4 is 5.32 Å². The van der Waals surface area contributed by atoms with Gasteiger partial charge >= 0.3 is 0 Å². The second kappa shape index (κ2) is 4.66. The van der Waals surface area contributed by atoms with Gasteiger partial charge in [0.15, 0.2) is 0 Å². The molecule has 0 fully saturated rings. The molecule has 0 aromatic carbocycles. The lowest BCUT2D eigenvalue weighted by molar-refractivity contribution is 0.666. The van der Waals surface area contributed by atoms with Crippen LogP contribution in [0.5, 0.6) is 0 Å². The van der Waals surface area contributed by atoms with Crippen molar-refractivity contribution < 1.29 is 0 Å². The number of hydrogen-bond acceptors (Lipinski definition) is 2. The van der Waals surface area contributed by atoms with Crippen molar-refractivity contribution in [1.29, 1.82) is 0 Å². The topological polar surface area (TPSA) is 12.0 Å². The first-order chi connectivity index (χ1) is 5.77. The number of rotatable bonds is 3. The van der Waals surface area contributed by atoms with E-state index >= 15 is 0 Å². The van der Waals surface area contributed by atoms with Crippen LogP contribution in [-0.4, -0.2) is 6.54 Å². The van der Waals surface area contributed by atoms with E-state index in [0.717, 1.165) is 15.9 Å². The van der Waals surface area contributed by atoms with Crippen molar-refractivity contribution in [1.82, 2.24) is 5.32 Å². The van der Waals surface area contributed by atoms with E-state index in [1.165, 1.54) is 0 Å². The van der Waals surface area contributed by atoms with Gasteiger partial charge in [0.2, 0.25) is 0 Å². The summed E-state index contributed by atoms with van der Waals surface area (Å²) >= 11 is 5.06. The van der Waals surface area contributed by atoms with Gasteiger partial charge in [-0.3, -0.25) is 0 Å². The predicted octanol–water partition coefficient (Wildman–Crippen LogP) is 2.79. The van der Waals surface area contributed by atoms with Crippen molar-refractivity contribution in [2.24, 2.45) is 0 Å². The SMILES string of the molecule is C#CC(NCC)c1csc(Br)c1. The van der Waals surface area contributed by atoms with Crippen molar-refractivity contribution in [2.45, 2.75) is 13.0 Å². The standard InChI is InChI=1S/C9H10BrNS/c1-3-8(11-4-2)7-5-9(10)12-6-7/h1,5-6,8,11H,4H2,2H3. The monoisotopic (exact) mass is 243 g/mol. The van der Waals surface area contributed by atoms with Gasteiger partial charge in [-0.15, -0.1) is 17.8 Å². The molecular weight excluding hydrogens is 234 g/mol. The number of nitrogens with one attached hydrogen (secondary N) is 1. The minimum atomic E-state index is 0.0533. The van der Waals surface area contributed by atoms with Crippen LogP contribution in [0.3, 0.4) is 0 Å². The first-order valence-electron chi connectivity index (χ1n) is 3.71. The second-order valence-electron chi connectivity index (χ2n) is 2.34. The molecule has 1 aromatic rings. The van der Waals surface area contributed by atoms with Gasteiger partial charge in [0, 0.05) is 0 Å². The van der Waals surface area contributed by atoms with Crippen LogP contribution in [0.4, 0.5) is 0 Å². The molecule has 0 saturated carbocycles. The van der Waals surface area contributed by atoms with Gasteiger partial charge in [-0.1, -0.05) is 12.8 Å². The van der Waals surface area contributed by atoms with E-state index in [2.05, 4.69) is 38.6 Å². The van der Waals surface area contributed by atoms with Crippen LogP contribution >= 0.6 is 27.3 Å². The Balaban J connectivity index is 2.74. The fraction of sp³-hybridized carbons (Fsp3) is 0.333. The number of halogens is 1. The second-order valence-corrected chi connectivity index (χ2v) is 4.63. The van der Waals surface area contributed by atoms with E-state index in [4.69, 9.17) is 6.42 Å². The Morgan fingerprint density at radius 2 is 2.58 bits per heavy atom. The average Bonchev–Trinajstić information content (AvgIpc) is 2.47. The summed E-state index contributed by atoms with van der Waals surface area (Å²) in [5.74, 6) is 2.71. The third-order valence-electron chi connectivity index (χ3n) is 1.50. The van der Waals surface area contributed by atoms with Crippen LogP contribution in [-0.2, 0) is 0 Å². The third kappa shape index (κ3) is 2.34. The zero-order valence-electron chi connectivity index (χ0n) is 6.80. The van der Waals surface area contributed by atoms with E-state index in [1.54, 1.807) is 11.3 Å². The molecule has 0 aliphatic carbocycles. The molecule has 1 N–H and O–H groups in total. The molecule has 12 heavy (non-hydrogen) atoms. The summed E-state index contributed by atoms with van der Waals surface area (Å²) in [5, 5.41) is 5.28. The Bertz CT molecular complexity index is 287. The fourth-order valence-corrected chi connectivity index (χ4v) is 2.15. The van der Waals surface area contributed by atoms with E-state index in [9.17, 15) is 0 Å². The molecule has 1 aromatic heterocycles. The molecule has 0 saturated heterocycles. The summed E-state index contributed by atoms with van der Waals surface area (Å²) in [6.07, 6.45) is 5.38. The van der Waals surface area contributed by atoms with Crippen molar-refractivity contribution in [3.63, 3.8) is 0 Å². The highest BCUT2D eigenvalue weighted by Crippen LogP contribution is 2.24. The molecular formula is C9H10BrNS. The summed E-state index contributed by atoms with van der Waals surface area (Å²) in [6, 6.07) is 2.11. The molecule has 1 heterocycles. The maximum Gasteiger partial charge on any atom is 0.0951 e. The highest BCUT2D eigenvalue weighted by atomic mass is 79.9. The van der Waals surface area contributed by atoms with Gasteiger partial charge < -0.3 is 5.32 Å². The minimum absolute atomic E-state index is 0.0533. The molecule has 0 aliphatic heterocycles. The summed E-state index contributed by atoms with van der Waals surface area (Å²) < 4.78 is 1.12. The van der Waals surface area contributed by atoms with Crippen LogP contribution in [0.2, 0.25) is 0 Å². The van der Waals surface area contributed by atoms with Crippen molar-refractivity contribution in [3.05, 3.63) is 20.8 Å². The number of hydrogen-bond donors (Lipinski definition) is 1. The van der Waals surface area contributed by atoms with Crippen molar-refractivity contribution in [3.8, 4) is 12.3 Å². The Morgan fingerprint density at radius 3 is 3.00 bits per heavy atom. The molecule has 0 radical (unpaired) electrons. The zero-order chi connectivity index (χ0) is 8.97. The number of thiophene rings is 1. The highest BCUT2D eigenvalue weighted by molar-refractivity contribution is 9.11. The molecule has 1 unspecified atom stereocenters. The van der Waals surface area contributed by atoms with Gasteiger partial charge in [-0.05, 0) is 39.5 Å². The molecule has 0 amide bonds. The van der Waals surface area contributed by atoms with E-state index in [1.807, 2.05) is 6.92 Å². The maximum absolute atomic E-state index is 5.38. The molecule has 64 valence electrons. The quantitative estimate of drug-likeness (QED) is 0.806. The highest BCUT2D eigenvalue weighted by Gasteiger charge is 2.07. The molecule has 1 nitrogen and oxygen atoms in total. The Kier molecular flexibility index (Phi) is 3.80. The number of terminal acetylenes is 1. The van der Waals surface area contributed by atoms with Crippen molar-refractivity contribution >= 4 is 27.3 Å². The summed E-state index contributed by atoms with van der Waals surface area (Å²) in [7, 11) is 0. The Morgan fingerprint density at radius 1 is 1.83 bits per heavy atom. The predicted molar refractivity (Wildman–Crippen MR) is 57.3 cm³/mol. The van der Waals surface area contributed by atoms with Crippen molar-refractivity contribution in [2.75, 3.05) is 6.54 Å². The molecule has 0 bridgehead atoms. The first kappa shape index (κ1) is 9.79. The minimum Gasteiger partial charge on any atom is -0.300 e. The summed E-state index contributed by atoms with van der Waals surface area (Å²) in [4.78, 5) is 0. The molecule has 3 heteroatoms. The van der Waals surface area contributed by atoms with Crippen LogP contribution in [0.15, 0.2) is 15.2 Å². The summed E-state index contributed by atoms with van der Waals surface area (Å²) in [6.45, 7) is 2.94. The summed E-state index contributed by atoms with van der Waals surface area (Å²) in [5.41, 5.74) is 1.16. The van der Waals surface area contributed by atoms with Gasteiger partial charge in [-0.2, -0.15) is 0 Å². The molecule has 0 aliphatic rings. The van der Waals surface area contributed by atoms with Crippen LogP contribution in [0.25, 0.3) is 0 Å². The van der Waals surface area contributed by atoms with Gasteiger partial charge in [0.05, 0.1) is 9.83 Å². The van der Waals surface area contributed by atoms with E-state index < -0.39 is 0 Å². The lowest BCUT2D eigenvalue weighted by Crippen LogP contribution is -2.18. The molecule has 1 rings (SSSR count). The van der Waals surface area contributed by atoms with Crippen LogP contribution in [0, 0.1) is 12.3 Å². The smallest absolute Gasteiger partial charge is 0.0951 e. The zero-order valence-corrected chi connectivity index (χ0v) is 9.21. The van der Waals surface area contributed by atoms with Gasteiger partial charge in [-0.25, -0.2) is 0 Å². The fourth-order valence-electron chi connectivity index (χ4n) is 0.952. The third-order valence-corrected chi connectivity index (χ3v) is 3.02. The lowest BCUT2D eigenvalue weighted by Gasteiger charge is -2.08. The normalized spacial score (nSPS) is 12.4. The largest absolute Gasteiger partial charge is 0.300 e. The lowest BCUT2D eigenvalue weighted by atomic mass is 10.2. The Labute approximate surface area is 85.3 Å². The van der Waals surface area contributed by atoms with E-state index in [-0.39, 0.29) is 6.04 Å². The van der Waals surface area contributed by atoms with E-state index in [0.29, 0.717) is 0 Å². The first-order valence-corrected chi connectivity index (χ1v) is 5.38. The molecule has 0 spiro atoms. The maximum atomic E-state index is 5.38. The van der Waals surface area contributed by atoms with Crippen LogP contribution in [0.1, 0.15) is 18.5 Å². The average molecular weight is 244 g/mol. The van der Waals surface area contributed by atoms with Gasteiger partial charge in [0.25, 0.3) is 0 Å².